The van der Waals surface area contributed by atoms with E-state index in [4.69, 9.17) is 0 Å². The predicted octanol–water partition coefficient (Wildman–Crippen LogP) is 4.52. The van der Waals surface area contributed by atoms with Crippen LogP contribution in [0.3, 0.4) is 0 Å². The van der Waals surface area contributed by atoms with E-state index < -0.39 is 0 Å². The van der Waals surface area contributed by atoms with Gasteiger partial charge in [0, 0.05) is 35.6 Å². The Morgan fingerprint density at radius 3 is 2.03 bits per heavy atom. The number of hydrogen-bond donors (Lipinski definition) is 3. The normalized spacial score (nSPS) is 10.5. The first-order valence-corrected chi connectivity index (χ1v) is 10.6. The van der Waals surface area contributed by atoms with Crippen molar-refractivity contribution >= 4 is 29.1 Å². The summed E-state index contributed by atoms with van der Waals surface area (Å²) in [7, 11) is 4.02. The molecule has 0 spiro atoms. The van der Waals surface area contributed by atoms with Gasteiger partial charge in [-0.3, -0.25) is 9.59 Å². The number of Topliss-reactive ketones (excluding diaryl/α,β-unsaturated/α-hetero) is 1. The van der Waals surface area contributed by atoms with Crippen molar-refractivity contribution in [1.29, 1.82) is 0 Å². The van der Waals surface area contributed by atoms with Crippen LogP contribution in [0.4, 0.5) is 16.2 Å². The summed E-state index contributed by atoms with van der Waals surface area (Å²) in [5, 5.41) is 8.39. The fourth-order valence-electron chi connectivity index (χ4n) is 3.23. The van der Waals surface area contributed by atoms with Crippen LogP contribution in [-0.2, 0) is 13.1 Å². The van der Waals surface area contributed by atoms with Crippen molar-refractivity contribution in [2.45, 2.75) is 20.0 Å². The Kier molecular flexibility index (Phi) is 7.94. The highest BCUT2D eigenvalue weighted by atomic mass is 16.2. The number of nitrogens with one attached hydrogen (secondary N) is 3. The molecule has 0 heterocycles. The molecular formula is C26H28N4O3. The maximum absolute atomic E-state index is 12.6. The first kappa shape index (κ1) is 23.7. The third-order valence-corrected chi connectivity index (χ3v) is 4.90. The van der Waals surface area contributed by atoms with Crippen molar-refractivity contribution in [1.82, 2.24) is 10.2 Å². The van der Waals surface area contributed by atoms with Crippen molar-refractivity contribution in [3.8, 4) is 0 Å². The monoisotopic (exact) mass is 444 g/mol. The van der Waals surface area contributed by atoms with Gasteiger partial charge >= 0.3 is 6.03 Å². The molecule has 170 valence electrons. The van der Waals surface area contributed by atoms with Gasteiger partial charge in [0.1, 0.15) is 0 Å². The third-order valence-electron chi connectivity index (χ3n) is 4.90. The summed E-state index contributed by atoms with van der Waals surface area (Å²) in [6.45, 7) is 2.59. The number of hydrogen-bond acceptors (Lipinski definition) is 4. The van der Waals surface area contributed by atoms with E-state index in [9.17, 15) is 14.4 Å². The second-order valence-corrected chi connectivity index (χ2v) is 8.03. The van der Waals surface area contributed by atoms with E-state index in [0.29, 0.717) is 16.8 Å². The molecule has 3 amide bonds. The summed E-state index contributed by atoms with van der Waals surface area (Å²) in [6, 6.07) is 21.1. The molecule has 0 saturated carbocycles. The molecule has 7 nitrogen and oxygen atoms in total. The van der Waals surface area contributed by atoms with Crippen LogP contribution in [0.25, 0.3) is 0 Å². The van der Waals surface area contributed by atoms with Crippen molar-refractivity contribution in [2.75, 3.05) is 24.7 Å². The van der Waals surface area contributed by atoms with E-state index in [-0.39, 0.29) is 24.3 Å². The van der Waals surface area contributed by atoms with E-state index in [1.807, 2.05) is 44.4 Å². The maximum Gasteiger partial charge on any atom is 0.319 e. The van der Waals surface area contributed by atoms with E-state index in [1.54, 1.807) is 42.5 Å². The molecule has 3 aromatic rings. The van der Waals surface area contributed by atoms with Crippen LogP contribution in [0.2, 0.25) is 0 Å². The van der Waals surface area contributed by atoms with Gasteiger partial charge in [0.05, 0.1) is 0 Å². The van der Waals surface area contributed by atoms with Gasteiger partial charge < -0.3 is 20.9 Å². The number of rotatable bonds is 8. The van der Waals surface area contributed by atoms with E-state index in [2.05, 4.69) is 20.9 Å². The fraction of sp³-hybridized carbons (Fsp3) is 0.192. The van der Waals surface area contributed by atoms with Gasteiger partial charge in [0.15, 0.2) is 5.78 Å². The highest BCUT2D eigenvalue weighted by molar-refractivity contribution is 6.04. The van der Waals surface area contributed by atoms with Gasteiger partial charge in [-0.2, -0.15) is 0 Å². The van der Waals surface area contributed by atoms with Crippen molar-refractivity contribution in [2.24, 2.45) is 0 Å². The summed E-state index contributed by atoms with van der Waals surface area (Å²) in [6.07, 6.45) is 0. The standard InChI is InChI=1S/C26H28N4O3/c1-18(31)21-9-13-24(14-10-21)29-26(33)27-16-20-5-4-6-22(15-20)25(32)28-23-11-7-19(8-12-23)17-30(2)3/h4-15H,16-17H2,1-3H3,(H,28,32)(H2,27,29,33). The zero-order chi connectivity index (χ0) is 23.8. The number of ketones is 1. The summed E-state index contributed by atoms with van der Waals surface area (Å²) in [5.74, 6) is -0.247. The van der Waals surface area contributed by atoms with Gasteiger partial charge in [-0.05, 0) is 80.7 Å². The number of amides is 3. The Labute approximate surface area is 193 Å². The first-order chi connectivity index (χ1) is 15.8. The zero-order valence-electron chi connectivity index (χ0n) is 19.0. The average Bonchev–Trinajstić information content (AvgIpc) is 2.79. The third kappa shape index (κ3) is 7.29. The Morgan fingerprint density at radius 2 is 1.39 bits per heavy atom. The largest absolute Gasteiger partial charge is 0.334 e. The van der Waals surface area contributed by atoms with Crippen LogP contribution in [0.1, 0.15) is 38.8 Å². The molecule has 33 heavy (non-hydrogen) atoms. The van der Waals surface area contributed by atoms with Crippen LogP contribution in [-0.4, -0.2) is 36.7 Å². The molecule has 0 unspecified atom stereocenters. The second-order valence-electron chi connectivity index (χ2n) is 8.03. The van der Waals surface area contributed by atoms with Crippen molar-refractivity contribution < 1.29 is 14.4 Å². The number of benzene rings is 3. The summed E-state index contributed by atoms with van der Waals surface area (Å²) in [5.41, 5.74) is 4.36. The molecule has 0 fully saturated rings. The molecule has 0 saturated heterocycles. The average molecular weight is 445 g/mol. The van der Waals surface area contributed by atoms with Crippen LogP contribution < -0.4 is 16.0 Å². The maximum atomic E-state index is 12.6. The fourth-order valence-corrected chi connectivity index (χ4v) is 3.23. The molecule has 0 aliphatic heterocycles. The van der Waals surface area contributed by atoms with E-state index >= 15 is 0 Å². The molecule has 3 N–H and O–H groups in total. The van der Waals surface area contributed by atoms with E-state index in [0.717, 1.165) is 17.8 Å². The molecule has 0 atom stereocenters. The first-order valence-electron chi connectivity index (χ1n) is 10.6. The van der Waals surface area contributed by atoms with Crippen LogP contribution in [0, 0.1) is 0 Å². The minimum absolute atomic E-state index is 0.0312. The van der Waals surface area contributed by atoms with Crippen molar-refractivity contribution in [3.05, 3.63) is 95.1 Å². The molecule has 7 heteroatoms. The van der Waals surface area contributed by atoms with E-state index in [1.165, 1.54) is 12.5 Å². The second kappa shape index (κ2) is 11.1. The van der Waals surface area contributed by atoms with Gasteiger partial charge in [-0.25, -0.2) is 4.79 Å². The lowest BCUT2D eigenvalue weighted by molar-refractivity contribution is 0.101. The van der Waals surface area contributed by atoms with Gasteiger partial charge in [-0.15, -0.1) is 0 Å². The molecule has 0 aliphatic rings. The molecule has 0 aromatic heterocycles. The predicted molar refractivity (Wildman–Crippen MR) is 131 cm³/mol. The number of anilines is 2. The SMILES string of the molecule is CC(=O)c1ccc(NC(=O)NCc2cccc(C(=O)Nc3ccc(CN(C)C)cc3)c2)cc1. The lowest BCUT2D eigenvalue weighted by Gasteiger charge is -2.11. The topological polar surface area (TPSA) is 90.5 Å². The molecule has 0 radical (unpaired) electrons. The molecule has 3 aromatic carbocycles. The summed E-state index contributed by atoms with van der Waals surface area (Å²) < 4.78 is 0. The Morgan fingerprint density at radius 1 is 0.758 bits per heavy atom. The number of carbonyl (C=O) groups is 3. The minimum atomic E-state index is -0.377. The van der Waals surface area contributed by atoms with Crippen molar-refractivity contribution in [3.63, 3.8) is 0 Å². The molecular weight excluding hydrogens is 416 g/mol. The summed E-state index contributed by atoms with van der Waals surface area (Å²) >= 11 is 0. The van der Waals surface area contributed by atoms with Crippen LogP contribution >= 0.6 is 0 Å². The number of carbonyl (C=O) groups excluding carboxylic acids is 3. The highest BCUT2D eigenvalue weighted by Gasteiger charge is 2.09. The smallest absolute Gasteiger partial charge is 0.319 e. The number of urea groups is 1. The van der Waals surface area contributed by atoms with Crippen LogP contribution in [0.5, 0.6) is 0 Å². The lowest BCUT2D eigenvalue weighted by atomic mass is 10.1. The Balaban J connectivity index is 1.53. The molecule has 3 rings (SSSR count). The zero-order valence-corrected chi connectivity index (χ0v) is 19.0. The summed E-state index contributed by atoms with van der Waals surface area (Å²) in [4.78, 5) is 38.2. The van der Waals surface area contributed by atoms with Gasteiger partial charge in [0.25, 0.3) is 5.91 Å². The van der Waals surface area contributed by atoms with Crippen LogP contribution in [0.15, 0.2) is 72.8 Å². The Bertz CT molecular complexity index is 1120. The minimum Gasteiger partial charge on any atom is -0.334 e. The van der Waals surface area contributed by atoms with Gasteiger partial charge in [-0.1, -0.05) is 24.3 Å². The molecule has 0 aliphatic carbocycles. The lowest BCUT2D eigenvalue weighted by Crippen LogP contribution is -2.28. The van der Waals surface area contributed by atoms with Gasteiger partial charge in [0.2, 0.25) is 0 Å². The molecule has 0 bridgehead atoms. The number of nitrogens with zero attached hydrogens (tertiary/aromatic N) is 1. The Hall–Kier alpha value is -3.97. The highest BCUT2D eigenvalue weighted by Crippen LogP contribution is 2.14. The quantitative estimate of drug-likeness (QED) is 0.446.